The molecule has 0 aliphatic rings. The minimum atomic E-state index is -0.231. The zero-order valence-electron chi connectivity index (χ0n) is 9.33. The fourth-order valence-electron chi connectivity index (χ4n) is 0.883. The third-order valence-corrected chi connectivity index (χ3v) is 1.69. The molecule has 0 aromatic rings. The topological polar surface area (TPSA) is 67.8 Å². The average Bonchev–Trinajstić information content (AvgIpc) is 2.23. The quantitative estimate of drug-likeness (QED) is 0.397. The molecule has 0 aliphatic carbocycles. The summed E-state index contributed by atoms with van der Waals surface area (Å²) in [5.41, 5.74) is 0. The van der Waals surface area contributed by atoms with Crippen LogP contribution in [0.3, 0.4) is 0 Å². The SMILES string of the molecule is CCCCOC(=O)CNCCOCCO. The van der Waals surface area contributed by atoms with Gasteiger partial charge >= 0.3 is 5.97 Å². The van der Waals surface area contributed by atoms with Gasteiger partial charge in [0.1, 0.15) is 0 Å². The molecule has 90 valence electrons. The molecule has 2 N–H and O–H groups in total. The van der Waals surface area contributed by atoms with Gasteiger partial charge < -0.3 is 19.9 Å². The van der Waals surface area contributed by atoms with Crippen molar-refractivity contribution in [2.45, 2.75) is 19.8 Å². The molecule has 0 rings (SSSR count). The van der Waals surface area contributed by atoms with Crippen LogP contribution in [0.5, 0.6) is 0 Å². The lowest BCUT2D eigenvalue weighted by Crippen LogP contribution is -2.28. The van der Waals surface area contributed by atoms with Crippen LogP contribution in [0.1, 0.15) is 19.8 Å². The van der Waals surface area contributed by atoms with E-state index in [1.54, 1.807) is 0 Å². The van der Waals surface area contributed by atoms with Crippen LogP contribution >= 0.6 is 0 Å². The van der Waals surface area contributed by atoms with Gasteiger partial charge in [-0.1, -0.05) is 13.3 Å². The number of carbonyl (C=O) groups is 1. The number of aliphatic hydroxyl groups excluding tert-OH is 1. The molecule has 0 saturated carbocycles. The first-order chi connectivity index (χ1) is 7.31. The Balaban J connectivity index is 3.10. The Bertz CT molecular complexity index is 152. The summed E-state index contributed by atoms with van der Waals surface area (Å²) in [5.74, 6) is -0.231. The molecule has 0 amide bonds. The smallest absolute Gasteiger partial charge is 0.319 e. The predicted octanol–water partition coefficient (Wildman–Crippen LogP) is -0.0718. The van der Waals surface area contributed by atoms with Gasteiger partial charge in [0.2, 0.25) is 0 Å². The number of carbonyl (C=O) groups excluding carboxylic acids is 1. The Morgan fingerprint density at radius 3 is 2.80 bits per heavy atom. The van der Waals surface area contributed by atoms with Gasteiger partial charge in [-0.15, -0.1) is 0 Å². The average molecular weight is 219 g/mol. The summed E-state index contributed by atoms with van der Waals surface area (Å²) in [6.45, 7) is 4.20. The Labute approximate surface area is 90.8 Å². The van der Waals surface area contributed by atoms with E-state index in [0.29, 0.717) is 26.4 Å². The zero-order valence-corrected chi connectivity index (χ0v) is 9.33. The summed E-state index contributed by atoms with van der Waals surface area (Å²) in [4.78, 5) is 11.0. The number of esters is 1. The third kappa shape index (κ3) is 11.3. The fourth-order valence-corrected chi connectivity index (χ4v) is 0.883. The van der Waals surface area contributed by atoms with Crippen molar-refractivity contribution in [3.05, 3.63) is 0 Å². The highest BCUT2D eigenvalue weighted by molar-refractivity contribution is 5.71. The Morgan fingerprint density at radius 2 is 2.13 bits per heavy atom. The lowest BCUT2D eigenvalue weighted by molar-refractivity contribution is -0.142. The van der Waals surface area contributed by atoms with E-state index in [0.717, 1.165) is 12.8 Å². The molecular weight excluding hydrogens is 198 g/mol. The number of unbranched alkanes of at least 4 members (excludes halogenated alkanes) is 1. The van der Waals surface area contributed by atoms with Crippen LogP contribution in [0.2, 0.25) is 0 Å². The third-order valence-electron chi connectivity index (χ3n) is 1.69. The molecule has 0 aliphatic heterocycles. The fraction of sp³-hybridized carbons (Fsp3) is 0.900. The van der Waals surface area contributed by atoms with Gasteiger partial charge in [-0.05, 0) is 6.42 Å². The number of ether oxygens (including phenoxy) is 2. The van der Waals surface area contributed by atoms with Crippen LogP contribution in [-0.2, 0) is 14.3 Å². The summed E-state index contributed by atoms with van der Waals surface area (Å²) < 4.78 is 9.93. The molecule has 0 aromatic carbocycles. The molecule has 0 radical (unpaired) electrons. The van der Waals surface area contributed by atoms with Crippen molar-refractivity contribution in [3.8, 4) is 0 Å². The molecule has 0 saturated heterocycles. The Morgan fingerprint density at radius 1 is 1.33 bits per heavy atom. The van der Waals surface area contributed by atoms with Crippen molar-refractivity contribution in [2.24, 2.45) is 0 Å². The molecule has 0 aromatic heterocycles. The first-order valence-electron chi connectivity index (χ1n) is 5.36. The molecule has 0 atom stereocenters. The molecule has 5 nitrogen and oxygen atoms in total. The summed E-state index contributed by atoms with van der Waals surface area (Å²) >= 11 is 0. The van der Waals surface area contributed by atoms with E-state index in [1.807, 2.05) is 6.92 Å². The van der Waals surface area contributed by atoms with E-state index in [9.17, 15) is 4.79 Å². The number of nitrogens with one attached hydrogen (secondary N) is 1. The standard InChI is InChI=1S/C10H21NO4/c1-2-3-6-15-10(13)9-11-4-7-14-8-5-12/h11-12H,2-9H2,1H3. The molecule has 0 heterocycles. The molecular formula is C10H21NO4. The number of aliphatic hydroxyl groups is 1. The van der Waals surface area contributed by atoms with Gasteiger partial charge in [0.15, 0.2) is 0 Å². The second-order valence-corrected chi connectivity index (χ2v) is 3.09. The maximum Gasteiger partial charge on any atom is 0.319 e. The van der Waals surface area contributed by atoms with E-state index in [4.69, 9.17) is 14.6 Å². The van der Waals surface area contributed by atoms with Gasteiger partial charge in [-0.25, -0.2) is 0 Å². The largest absolute Gasteiger partial charge is 0.465 e. The first kappa shape index (κ1) is 14.3. The first-order valence-corrected chi connectivity index (χ1v) is 5.36. The minimum absolute atomic E-state index is 0.0268. The second-order valence-electron chi connectivity index (χ2n) is 3.09. The van der Waals surface area contributed by atoms with Gasteiger partial charge in [0.25, 0.3) is 0 Å². The van der Waals surface area contributed by atoms with Gasteiger partial charge in [0.05, 0.1) is 33.0 Å². The van der Waals surface area contributed by atoms with Crippen LogP contribution in [0, 0.1) is 0 Å². The highest BCUT2D eigenvalue weighted by Crippen LogP contribution is 1.87. The summed E-state index contributed by atoms with van der Waals surface area (Å²) in [7, 11) is 0. The van der Waals surface area contributed by atoms with Crippen LogP contribution in [0.4, 0.5) is 0 Å². The van der Waals surface area contributed by atoms with Crippen molar-refractivity contribution in [3.63, 3.8) is 0 Å². The van der Waals surface area contributed by atoms with Crippen molar-refractivity contribution in [1.82, 2.24) is 5.32 Å². The Kier molecular flexibility index (Phi) is 10.9. The number of rotatable bonds is 10. The number of hydrogen-bond donors (Lipinski definition) is 2. The van der Waals surface area contributed by atoms with Gasteiger partial charge in [-0.3, -0.25) is 4.79 Å². The highest BCUT2D eigenvalue weighted by atomic mass is 16.5. The van der Waals surface area contributed by atoms with E-state index in [-0.39, 0.29) is 19.1 Å². The summed E-state index contributed by atoms with van der Waals surface area (Å²) in [5, 5.41) is 11.3. The molecule has 15 heavy (non-hydrogen) atoms. The minimum Gasteiger partial charge on any atom is -0.465 e. The maximum atomic E-state index is 11.0. The van der Waals surface area contributed by atoms with Crippen molar-refractivity contribution in [2.75, 3.05) is 39.5 Å². The van der Waals surface area contributed by atoms with Crippen molar-refractivity contribution >= 4 is 5.97 Å². The van der Waals surface area contributed by atoms with Crippen LogP contribution in [0.15, 0.2) is 0 Å². The molecule has 0 spiro atoms. The maximum absolute atomic E-state index is 11.0. The molecule has 0 fully saturated rings. The van der Waals surface area contributed by atoms with Crippen molar-refractivity contribution < 1.29 is 19.4 Å². The van der Waals surface area contributed by atoms with Gasteiger partial charge in [0, 0.05) is 6.54 Å². The zero-order chi connectivity index (χ0) is 11.4. The molecule has 0 bridgehead atoms. The van der Waals surface area contributed by atoms with Crippen LogP contribution in [0.25, 0.3) is 0 Å². The second kappa shape index (κ2) is 11.4. The lowest BCUT2D eigenvalue weighted by Gasteiger charge is -2.05. The summed E-state index contributed by atoms with van der Waals surface area (Å²) in [6.07, 6.45) is 1.93. The van der Waals surface area contributed by atoms with E-state index < -0.39 is 0 Å². The lowest BCUT2D eigenvalue weighted by atomic mass is 10.4. The van der Waals surface area contributed by atoms with E-state index in [2.05, 4.69) is 5.32 Å². The Hall–Kier alpha value is -0.650. The van der Waals surface area contributed by atoms with Gasteiger partial charge in [-0.2, -0.15) is 0 Å². The molecule has 0 unspecified atom stereocenters. The van der Waals surface area contributed by atoms with Crippen LogP contribution in [-0.4, -0.2) is 50.6 Å². The van der Waals surface area contributed by atoms with E-state index in [1.165, 1.54) is 0 Å². The van der Waals surface area contributed by atoms with Crippen LogP contribution < -0.4 is 5.32 Å². The molecule has 5 heteroatoms. The summed E-state index contributed by atoms with van der Waals surface area (Å²) in [6, 6.07) is 0. The predicted molar refractivity (Wildman–Crippen MR) is 56.6 cm³/mol. The monoisotopic (exact) mass is 219 g/mol. The normalized spacial score (nSPS) is 10.3. The highest BCUT2D eigenvalue weighted by Gasteiger charge is 2.00. The number of hydrogen-bond acceptors (Lipinski definition) is 5. The van der Waals surface area contributed by atoms with E-state index >= 15 is 0 Å². The van der Waals surface area contributed by atoms with Crippen molar-refractivity contribution in [1.29, 1.82) is 0 Å².